The average molecular weight is 228 g/mol. The molecule has 84 valence electrons. The zero-order chi connectivity index (χ0) is 11.5. The van der Waals surface area contributed by atoms with Gasteiger partial charge in [0, 0.05) is 4.90 Å². The van der Waals surface area contributed by atoms with Gasteiger partial charge in [0.15, 0.2) is 0 Å². The van der Waals surface area contributed by atoms with E-state index in [-0.39, 0.29) is 12.4 Å². The Hall–Kier alpha value is -0.710. The van der Waals surface area contributed by atoms with Crippen LogP contribution in [0.3, 0.4) is 0 Å². The van der Waals surface area contributed by atoms with E-state index in [2.05, 4.69) is 0 Å². The topological polar surface area (TPSA) is 57.5 Å². The number of aliphatic hydroxyl groups excluding tert-OH is 1. The number of hydrogen-bond acceptors (Lipinski definition) is 3. The van der Waals surface area contributed by atoms with E-state index in [9.17, 15) is 9.32 Å². The molecule has 0 aliphatic carbocycles. The van der Waals surface area contributed by atoms with Gasteiger partial charge in [0.2, 0.25) is 0 Å². The summed E-state index contributed by atoms with van der Waals surface area (Å²) in [5, 5.41) is 18.6. The van der Waals surface area contributed by atoms with Crippen LogP contribution in [0.25, 0.3) is 0 Å². The minimum absolute atomic E-state index is 0.118. The molecule has 0 radical (unpaired) electrons. The van der Waals surface area contributed by atoms with E-state index in [0.29, 0.717) is 10.5 Å². The van der Waals surface area contributed by atoms with Crippen LogP contribution >= 0.6 is 0 Å². The molecule has 1 aromatic rings. The minimum Gasteiger partial charge on any atom is -0.395 e. The molecule has 0 aromatic heterocycles. The van der Waals surface area contributed by atoms with Crippen molar-refractivity contribution < 1.29 is 14.4 Å². The van der Waals surface area contributed by atoms with Gasteiger partial charge in [0.1, 0.15) is 0 Å². The maximum absolute atomic E-state index is 11.8. The molecule has 0 aliphatic rings. The Bertz CT molecular complexity index is 355. The Morgan fingerprint density at radius 1 is 1.33 bits per heavy atom. The second-order valence-corrected chi connectivity index (χ2v) is 5.37. The highest BCUT2D eigenvalue weighted by atomic mass is 32.2. The van der Waals surface area contributed by atoms with Gasteiger partial charge in [-0.25, -0.2) is 0 Å². The van der Waals surface area contributed by atoms with Crippen LogP contribution in [0, 0.1) is 0 Å². The third-order valence-electron chi connectivity index (χ3n) is 2.07. The third-order valence-corrected chi connectivity index (χ3v) is 3.47. The quantitative estimate of drug-likeness (QED) is 0.808. The number of hydrogen-bond donors (Lipinski definition) is 2. The van der Waals surface area contributed by atoms with Crippen molar-refractivity contribution in [3.8, 4) is 0 Å². The summed E-state index contributed by atoms with van der Waals surface area (Å²) in [5.74, 6) is 0.201. The molecule has 1 rings (SSSR count). The van der Waals surface area contributed by atoms with Crippen molar-refractivity contribution in [2.45, 2.75) is 24.3 Å². The van der Waals surface area contributed by atoms with Gasteiger partial charge in [-0.15, -0.1) is 0 Å². The molecule has 0 bridgehead atoms. The van der Waals surface area contributed by atoms with E-state index in [1.165, 1.54) is 0 Å². The Balaban J connectivity index is 3.12. The van der Waals surface area contributed by atoms with Crippen LogP contribution in [-0.2, 0) is 16.4 Å². The molecular weight excluding hydrogens is 212 g/mol. The molecule has 0 aliphatic heterocycles. The molecule has 1 unspecified atom stereocenters. The van der Waals surface area contributed by atoms with Crippen LogP contribution in [0.15, 0.2) is 29.2 Å². The summed E-state index contributed by atoms with van der Waals surface area (Å²) in [6.45, 7) is 3.19. The third kappa shape index (κ3) is 3.12. The molecule has 1 atom stereocenters. The van der Waals surface area contributed by atoms with Crippen LogP contribution < -0.4 is 0 Å². The number of rotatable bonds is 4. The molecule has 0 amide bonds. The van der Waals surface area contributed by atoms with Gasteiger partial charge in [0.05, 0.1) is 28.8 Å². The summed E-state index contributed by atoms with van der Waals surface area (Å²) >= 11 is 0. The van der Waals surface area contributed by atoms with E-state index in [1.807, 2.05) is 0 Å². The molecular formula is C11H16O3S. The molecule has 0 heterocycles. The predicted octanol–water partition coefficient (Wildman–Crippen LogP) is 1.01. The molecule has 4 heteroatoms. The Morgan fingerprint density at radius 3 is 2.47 bits per heavy atom. The second-order valence-electron chi connectivity index (χ2n) is 3.83. The Morgan fingerprint density at radius 2 is 1.93 bits per heavy atom. The molecule has 3 nitrogen and oxygen atoms in total. The van der Waals surface area contributed by atoms with Gasteiger partial charge < -0.3 is 10.2 Å². The highest BCUT2D eigenvalue weighted by Gasteiger charge is 2.21. The van der Waals surface area contributed by atoms with Gasteiger partial charge in [-0.1, -0.05) is 18.2 Å². The monoisotopic (exact) mass is 228 g/mol. The van der Waals surface area contributed by atoms with Crippen molar-refractivity contribution in [3.05, 3.63) is 29.8 Å². The van der Waals surface area contributed by atoms with Gasteiger partial charge in [-0.05, 0) is 25.5 Å². The fraction of sp³-hybridized carbons (Fsp3) is 0.455. The van der Waals surface area contributed by atoms with E-state index < -0.39 is 16.4 Å². The molecule has 0 saturated carbocycles. The van der Waals surface area contributed by atoms with Gasteiger partial charge in [0.25, 0.3) is 0 Å². The zero-order valence-electron chi connectivity index (χ0n) is 8.93. The molecule has 15 heavy (non-hydrogen) atoms. The normalized spacial score (nSPS) is 13.9. The van der Waals surface area contributed by atoms with E-state index in [1.54, 1.807) is 38.1 Å². The second kappa shape index (κ2) is 4.88. The zero-order valence-corrected chi connectivity index (χ0v) is 9.75. The SMILES string of the molecule is CC(C)(O)c1ccccc1S(=O)CCO. The maximum Gasteiger partial charge on any atom is 0.0852 e. The molecule has 0 spiro atoms. The van der Waals surface area contributed by atoms with Gasteiger partial charge in [-0.3, -0.25) is 4.21 Å². The summed E-state index contributed by atoms with van der Waals surface area (Å²) in [6, 6.07) is 7.05. The lowest BCUT2D eigenvalue weighted by Crippen LogP contribution is -2.19. The summed E-state index contributed by atoms with van der Waals surface area (Å²) in [6.07, 6.45) is 0. The fourth-order valence-corrected chi connectivity index (χ4v) is 2.54. The molecule has 0 saturated heterocycles. The highest BCUT2D eigenvalue weighted by Crippen LogP contribution is 2.25. The first-order valence-corrected chi connectivity index (χ1v) is 6.10. The van der Waals surface area contributed by atoms with Gasteiger partial charge >= 0.3 is 0 Å². The lowest BCUT2D eigenvalue weighted by molar-refractivity contribution is 0.0756. The van der Waals surface area contributed by atoms with Crippen LogP contribution in [0.5, 0.6) is 0 Å². The summed E-state index contributed by atoms with van der Waals surface area (Å²) in [5.41, 5.74) is -0.362. The van der Waals surface area contributed by atoms with E-state index in [4.69, 9.17) is 5.11 Å². The smallest absolute Gasteiger partial charge is 0.0852 e. The summed E-state index contributed by atoms with van der Waals surface area (Å²) < 4.78 is 11.8. The predicted molar refractivity (Wildman–Crippen MR) is 60.0 cm³/mol. The van der Waals surface area contributed by atoms with Gasteiger partial charge in [-0.2, -0.15) is 0 Å². The van der Waals surface area contributed by atoms with Crippen LogP contribution in [-0.4, -0.2) is 26.8 Å². The van der Waals surface area contributed by atoms with Crippen molar-refractivity contribution in [2.24, 2.45) is 0 Å². The van der Waals surface area contributed by atoms with Crippen molar-refractivity contribution in [1.29, 1.82) is 0 Å². The first kappa shape index (κ1) is 12.4. The lowest BCUT2D eigenvalue weighted by Gasteiger charge is -2.20. The maximum atomic E-state index is 11.8. The van der Waals surface area contributed by atoms with Crippen molar-refractivity contribution in [1.82, 2.24) is 0 Å². The lowest BCUT2D eigenvalue weighted by atomic mass is 9.99. The Labute approximate surface area is 92.2 Å². The van der Waals surface area contributed by atoms with E-state index in [0.717, 1.165) is 0 Å². The van der Waals surface area contributed by atoms with Crippen LogP contribution in [0.1, 0.15) is 19.4 Å². The molecule has 2 N–H and O–H groups in total. The fourth-order valence-electron chi connectivity index (χ4n) is 1.36. The largest absolute Gasteiger partial charge is 0.395 e. The number of benzene rings is 1. The van der Waals surface area contributed by atoms with Crippen LogP contribution in [0.4, 0.5) is 0 Å². The molecule has 1 aromatic carbocycles. The van der Waals surface area contributed by atoms with Crippen molar-refractivity contribution in [3.63, 3.8) is 0 Å². The van der Waals surface area contributed by atoms with Crippen LogP contribution in [0.2, 0.25) is 0 Å². The standard InChI is InChI=1S/C11H16O3S/c1-11(2,13)9-5-3-4-6-10(9)15(14)8-7-12/h3-6,12-13H,7-8H2,1-2H3. The first-order chi connectivity index (χ1) is 6.96. The first-order valence-electron chi connectivity index (χ1n) is 4.78. The van der Waals surface area contributed by atoms with Crippen molar-refractivity contribution in [2.75, 3.05) is 12.4 Å². The van der Waals surface area contributed by atoms with E-state index >= 15 is 0 Å². The average Bonchev–Trinajstić information content (AvgIpc) is 2.17. The molecule has 0 fully saturated rings. The Kier molecular flexibility index (Phi) is 4.02. The minimum atomic E-state index is -1.25. The van der Waals surface area contributed by atoms with Crippen molar-refractivity contribution >= 4 is 10.8 Å². The summed E-state index contributed by atoms with van der Waals surface area (Å²) in [4.78, 5) is 0.596. The number of aliphatic hydroxyl groups is 2. The summed E-state index contributed by atoms with van der Waals surface area (Å²) in [7, 11) is -1.25. The highest BCUT2D eigenvalue weighted by molar-refractivity contribution is 7.85.